The average molecular weight is 347 g/mol. The molecule has 3 saturated carbocycles. The second kappa shape index (κ2) is 4.77. The molecule has 3 fully saturated rings. The van der Waals surface area contributed by atoms with Gasteiger partial charge < -0.3 is 0 Å². The molecule has 3 aliphatic rings. The highest BCUT2D eigenvalue weighted by molar-refractivity contribution is 9.10. The Morgan fingerprint density at radius 2 is 1.71 bits per heavy atom. The van der Waals surface area contributed by atoms with E-state index in [-0.39, 0.29) is 23.4 Å². The van der Waals surface area contributed by atoms with Crippen molar-refractivity contribution in [3.05, 3.63) is 33.8 Å². The number of carbonyl (C=O) groups excluding carboxylic acids is 2. The predicted molar refractivity (Wildman–Crippen MR) is 84.1 cm³/mol. The summed E-state index contributed by atoms with van der Waals surface area (Å²) in [7, 11) is 0. The third-order valence-corrected chi connectivity index (χ3v) is 6.44. The summed E-state index contributed by atoms with van der Waals surface area (Å²) >= 11 is 3.49. The summed E-state index contributed by atoms with van der Waals surface area (Å²) < 4.78 is 0.954. The van der Waals surface area contributed by atoms with Gasteiger partial charge in [-0.05, 0) is 60.8 Å². The van der Waals surface area contributed by atoms with Gasteiger partial charge in [-0.2, -0.15) is 0 Å². The summed E-state index contributed by atoms with van der Waals surface area (Å²) in [6.07, 6.45) is 4.27. The number of carbonyl (C=O) groups is 2. The van der Waals surface area contributed by atoms with Crippen LogP contribution >= 0.6 is 15.9 Å². The fourth-order valence-corrected chi connectivity index (χ4v) is 5.48. The van der Waals surface area contributed by atoms with E-state index >= 15 is 0 Å². The van der Waals surface area contributed by atoms with Crippen LogP contribution in [-0.4, -0.2) is 11.6 Å². The third-order valence-electron chi connectivity index (χ3n) is 5.94. The van der Waals surface area contributed by atoms with Gasteiger partial charge in [0.25, 0.3) is 0 Å². The summed E-state index contributed by atoms with van der Waals surface area (Å²) in [5.41, 5.74) is 2.09. The molecule has 0 spiro atoms. The van der Waals surface area contributed by atoms with Crippen molar-refractivity contribution in [1.82, 2.24) is 0 Å². The van der Waals surface area contributed by atoms with Crippen LogP contribution in [0.25, 0.3) is 0 Å². The number of fused-ring (bicyclic) bond motifs is 5. The zero-order valence-corrected chi connectivity index (χ0v) is 13.7. The van der Waals surface area contributed by atoms with E-state index < -0.39 is 5.92 Å². The Morgan fingerprint density at radius 3 is 2.29 bits per heavy atom. The molecule has 1 aromatic rings. The van der Waals surface area contributed by atoms with E-state index in [1.807, 2.05) is 18.2 Å². The van der Waals surface area contributed by atoms with Gasteiger partial charge in [-0.1, -0.05) is 28.9 Å². The van der Waals surface area contributed by atoms with E-state index in [0.717, 1.165) is 41.3 Å². The summed E-state index contributed by atoms with van der Waals surface area (Å²) in [5, 5.41) is 0. The molecule has 2 bridgehead atoms. The lowest BCUT2D eigenvalue weighted by Gasteiger charge is -2.21. The van der Waals surface area contributed by atoms with Crippen LogP contribution in [0.5, 0.6) is 0 Å². The molecule has 1 aromatic carbocycles. The van der Waals surface area contributed by atoms with Crippen molar-refractivity contribution in [2.45, 2.75) is 38.5 Å². The van der Waals surface area contributed by atoms with Crippen LogP contribution in [0, 0.1) is 23.7 Å². The zero-order chi connectivity index (χ0) is 14.7. The SMILES string of the molecule is CCc1ccc(Br)cc1C1C(=O)[C@@H]2[C@H]3CC[C@H](C3)[C@@H]2C1=O. The topological polar surface area (TPSA) is 34.1 Å². The number of rotatable bonds is 2. The second-order valence-electron chi connectivity index (χ2n) is 6.82. The number of ketones is 2. The van der Waals surface area contributed by atoms with E-state index in [2.05, 4.69) is 22.9 Å². The Hall–Kier alpha value is -0.960. The van der Waals surface area contributed by atoms with Crippen molar-refractivity contribution >= 4 is 27.5 Å². The lowest BCUT2D eigenvalue weighted by molar-refractivity contribution is -0.125. The number of Topliss-reactive ketones (excluding diaryl/α,β-unsaturated/α-hetero) is 2. The highest BCUT2D eigenvalue weighted by atomic mass is 79.9. The number of benzene rings is 1. The third kappa shape index (κ3) is 1.82. The second-order valence-corrected chi connectivity index (χ2v) is 7.73. The summed E-state index contributed by atoms with van der Waals surface area (Å²) in [6.45, 7) is 2.08. The Bertz CT molecular complexity index is 608. The minimum Gasteiger partial charge on any atom is -0.298 e. The molecular weight excluding hydrogens is 328 g/mol. The number of aryl methyl sites for hydroxylation is 1. The lowest BCUT2D eigenvalue weighted by atomic mass is 9.81. The quantitative estimate of drug-likeness (QED) is 0.760. The first kappa shape index (κ1) is 13.7. The molecule has 3 aliphatic carbocycles. The first-order chi connectivity index (χ1) is 10.1. The molecule has 0 heterocycles. The molecule has 1 unspecified atom stereocenters. The fourth-order valence-electron chi connectivity index (χ4n) is 5.10. The minimum atomic E-state index is -0.490. The van der Waals surface area contributed by atoms with Crippen LogP contribution in [0.4, 0.5) is 0 Å². The predicted octanol–water partition coefficient (Wildman–Crippen LogP) is 3.91. The monoisotopic (exact) mass is 346 g/mol. The van der Waals surface area contributed by atoms with Crippen LogP contribution in [-0.2, 0) is 16.0 Å². The largest absolute Gasteiger partial charge is 0.298 e. The number of hydrogen-bond acceptors (Lipinski definition) is 2. The van der Waals surface area contributed by atoms with E-state index in [0.29, 0.717) is 11.8 Å². The van der Waals surface area contributed by atoms with Crippen molar-refractivity contribution in [3.8, 4) is 0 Å². The first-order valence-corrected chi connectivity index (χ1v) is 8.77. The van der Waals surface area contributed by atoms with Gasteiger partial charge in [0.2, 0.25) is 0 Å². The molecule has 0 amide bonds. The molecule has 3 heteroatoms. The highest BCUT2D eigenvalue weighted by Crippen LogP contribution is 2.59. The van der Waals surface area contributed by atoms with Crippen LogP contribution in [0.2, 0.25) is 0 Å². The first-order valence-electron chi connectivity index (χ1n) is 7.97. The minimum absolute atomic E-state index is 0.0323. The van der Waals surface area contributed by atoms with Crippen molar-refractivity contribution in [2.24, 2.45) is 23.7 Å². The van der Waals surface area contributed by atoms with Crippen molar-refractivity contribution < 1.29 is 9.59 Å². The van der Waals surface area contributed by atoms with E-state index in [1.54, 1.807) is 0 Å². The highest BCUT2D eigenvalue weighted by Gasteiger charge is 2.61. The van der Waals surface area contributed by atoms with Crippen molar-refractivity contribution in [2.75, 3.05) is 0 Å². The molecule has 110 valence electrons. The van der Waals surface area contributed by atoms with Crippen LogP contribution < -0.4 is 0 Å². The molecule has 5 atom stereocenters. The maximum atomic E-state index is 12.9. The molecule has 0 aliphatic heterocycles. The molecule has 21 heavy (non-hydrogen) atoms. The van der Waals surface area contributed by atoms with E-state index in [4.69, 9.17) is 0 Å². The molecule has 4 rings (SSSR count). The van der Waals surface area contributed by atoms with Crippen LogP contribution in [0.1, 0.15) is 43.2 Å². The van der Waals surface area contributed by atoms with Gasteiger partial charge in [0.1, 0.15) is 5.92 Å². The number of halogens is 1. The van der Waals surface area contributed by atoms with E-state index in [1.165, 1.54) is 0 Å². The van der Waals surface area contributed by atoms with Gasteiger partial charge in [0.15, 0.2) is 11.6 Å². The Kier molecular flexibility index (Phi) is 3.11. The molecule has 0 aromatic heterocycles. The van der Waals surface area contributed by atoms with Gasteiger partial charge in [0.05, 0.1) is 0 Å². The molecular formula is C18H19BrO2. The van der Waals surface area contributed by atoms with E-state index in [9.17, 15) is 9.59 Å². The Morgan fingerprint density at radius 1 is 1.10 bits per heavy atom. The van der Waals surface area contributed by atoms with Gasteiger partial charge in [-0.15, -0.1) is 0 Å². The standard InChI is InChI=1S/C18H19BrO2/c1-2-9-5-6-12(19)8-13(9)16-17(20)14-10-3-4-11(7-10)15(14)18(16)21/h5-6,8,10-11,14-16H,2-4,7H2,1H3/t10-,11+,14+,15-,16?. The maximum absolute atomic E-state index is 12.9. The summed E-state index contributed by atoms with van der Waals surface area (Å²) in [6, 6.07) is 6.03. The van der Waals surface area contributed by atoms with Crippen LogP contribution in [0.15, 0.2) is 22.7 Å². The van der Waals surface area contributed by atoms with Gasteiger partial charge >= 0.3 is 0 Å². The molecule has 0 N–H and O–H groups in total. The normalized spacial score (nSPS) is 37.3. The Labute approximate surface area is 133 Å². The maximum Gasteiger partial charge on any atom is 0.151 e. The van der Waals surface area contributed by atoms with Gasteiger partial charge in [0, 0.05) is 16.3 Å². The smallest absolute Gasteiger partial charge is 0.151 e. The van der Waals surface area contributed by atoms with Gasteiger partial charge in [-0.25, -0.2) is 0 Å². The van der Waals surface area contributed by atoms with Crippen molar-refractivity contribution in [1.29, 1.82) is 0 Å². The molecule has 0 saturated heterocycles. The summed E-state index contributed by atoms with van der Waals surface area (Å²) in [5.74, 6) is 0.970. The van der Waals surface area contributed by atoms with Crippen LogP contribution in [0.3, 0.4) is 0 Å². The summed E-state index contributed by atoms with van der Waals surface area (Å²) in [4.78, 5) is 25.9. The zero-order valence-electron chi connectivity index (χ0n) is 12.1. The lowest BCUT2D eigenvalue weighted by Crippen LogP contribution is -2.24. The van der Waals surface area contributed by atoms with Gasteiger partial charge in [-0.3, -0.25) is 9.59 Å². The number of hydrogen-bond donors (Lipinski definition) is 0. The molecule has 2 nitrogen and oxygen atoms in total. The Balaban J connectivity index is 1.78. The van der Waals surface area contributed by atoms with Crippen molar-refractivity contribution in [3.63, 3.8) is 0 Å². The fraction of sp³-hybridized carbons (Fsp3) is 0.556. The molecule has 0 radical (unpaired) electrons. The average Bonchev–Trinajstić information content (AvgIpc) is 3.13.